The van der Waals surface area contributed by atoms with Crippen LogP contribution in [0.1, 0.15) is 17.5 Å². The molecule has 1 amide bonds. The van der Waals surface area contributed by atoms with Crippen LogP contribution in [0.15, 0.2) is 48.5 Å². The fraction of sp³-hybridized carbons (Fsp3) is 0.235. The second kappa shape index (κ2) is 7.93. The minimum absolute atomic E-state index is 0.0879. The molecule has 0 atom stereocenters. The maximum absolute atomic E-state index is 11.8. The first-order valence-corrected chi connectivity index (χ1v) is 7.25. The lowest BCUT2D eigenvalue weighted by Gasteiger charge is -2.08. The zero-order valence-corrected chi connectivity index (χ0v) is 12.8. The van der Waals surface area contributed by atoms with Crippen molar-refractivity contribution in [3.05, 3.63) is 69.8 Å². The van der Waals surface area contributed by atoms with Gasteiger partial charge in [-0.2, -0.15) is 0 Å². The molecule has 0 bridgehead atoms. The molecular weight excluding hydrogens is 296 g/mol. The van der Waals surface area contributed by atoms with Crippen molar-refractivity contribution in [2.75, 3.05) is 6.61 Å². The molecule has 0 saturated carbocycles. The largest absolute Gasteiger partial charge is 0.486 e. The van der Waals surface area contributed by atoms with Gasteiger partial charge in [-0.15, -0.1) is 0 Å². The van der Waals surface area contributed by atoms with E-state index in [1.165, 1.54) is 12.1 Å². The number of hydrogen-bond donors (Lipinski definition) is 1. The van der Waals surface area contributed by atoms with Gasteiger partial charge in [0.05, 0.1) is 18.0 Å². The number of ether oxygens (including phenoxy) is 1. The normalized spacial score (nSPS) is 10.1. The minimum Gasteiger partial charge on any atom is -0.486 e. The minimum atomic E-state index is -0.507. The van der Waals surface area contributed by atoms with E-state index in [0.717, 1.165) is 11.1 Å². The Morgan fingerprint density at radius 2 is 1.87 bits per heavy atom. The molecule has 23 heavy (non-hydrogen) atoms. The van der Waals surface area contributed by atoms with Gasteiger partial charge in [0, 0.05) is 12.6 Å². The lowest BCUT2D eigenvalue weighted by Crippen LogP contribution is -2.24. The first-order chi connectivity index (χ1) is 11.1. The number of nitrogens with zero attached hydrogens (tertiary/aromatic N) is 1. The number of nitro benzene ring substituents is 1. The molecule has 1 N–H and O–H groups in total. The van der Waals surface area contributed by atoms with Crippen molar-refractivity contribution in [2.24, 2.45) is 0 Å². The Bertz CT molecular complexity index is 683. The van der Waals surface area contributed by atoms with E-state index in [9.17, 15) is 14.9 Å². The first-order valence-electron chi connectivity index (χ1n) is 7.25. The van der Waals surface area contributed by atoms with E-state index in [0.29, 0.717) is 6.54 Å². The van der Waals surface area contributed by atoms with Crippen LogP contribution in [0.2, 0.25) is 0 Å². The SMILES string of the molecule is Cc1ccc(CNC(=O)CCOc2ccccc2[N+](=O)[O-])cc1. The van der Waals surface area contributed by atoms with Crippen LogP contribution in [0.25, 0.3) is 0 Å². The number of nitro groups is 1. The molecule has 2 rings (SSSR count). The second-order valence-electron chi connectivity index (χ2n) is 5.09. The maximum atomic E-state index is 11.8. The van der Waals surface area contributed by atoms with Gasteiger partial charge < -0.3 is 10.1 Å². The summed E-state index contributed by atoms with van der Waals surface area (Å²) in [6, 6.07) is 14.0. The van der Waals surface area contributed by atoms with Gasteiger partial charge in [0.1, 0.15) is 0 Å². The average Bonchev–Trinajstić information content (AvgIpc) is 2.54. The summed E-state index contributed by atoms with van der Waals surface area (Å²) in [5.74, 6) is 0.00740. The average molecular weight is 314 g/mol. The van der Waals surface area contributed by atoms with Crippen molar-refractivity contribution in [1.82, 2.24) is 5.32 Å². The van der Waals surface area contributed by atoms with E-state index in [2.05, 4.69) is 5.32 Å². The van der Waals surface area contributed by atoms with Crippen molar-refractivity contribution in [3.8, 4) is 5.75 Å². The van der Waals surface area contributed by atoms with Crippen molar-refractivity contribution in [2.45, 2.75) is 19.9 Å². The summed E-state index contributed by atoms with van der Waals surface area (Å²) in [6.07, 6.45) is 0.137. The molecule has 0 unspecified atom stereocenters. The standard InChI is InChI=1S/C17H18N2O4/c1-13-6-8-14(9-7-13)12-18-17(20)10-11-23-16-5-3-2-4-15(16)19(21)22/h2-9H,10-12H2,1H3,(H,18,20). The molecule has 0 aromatic heterocycles. The molecule has 0 fully saturated rings. The molecule has 120 valence electrons. The Hall–Kier alpha value is -2.89. The Morgan fingerprint density at radius 1 is 1.17 bits per heavy atom. The number of benzene rings is 2. The monoisotopic (exact) mass is 314 g/mol. The van der Waals surface area contributed by atoms with E-state index in [1.54, 1.807) is 12.1 Å². The Balaban J connectivity index is 1.77. The summed E-state index contributed by atoms with van der Waals surface area (Å²) in [7, 11) is 0. The van der Waals surface area contributed by atoms with Crippen LogP contribution in [0, 0.1) is 17.0 Å². The summed E-state index contributed by atoms with van der Waals surface area (Å²) >= 11 is 0. The molecular formula is C17H18N2O4. The van der Waals surface area contributed by atoms with Crippen molar-refractivity contribution in [3.63, 3.8) is 0 Å². The molecule has 2 aromatic carbocycles. The molecule has 0 radical (unpaired) electrons. The van der Waals surface area contributed by atoms with Gasteiger partial charge in [-0.3, -0.25) is 14.9 Å². The van der Waals surface area contributed by atoms with E-state index in [4.69, 9.17) is 4.74 Å². The fourth-order valence-corrected chi connectivity index (χ4v) is 1.98. The zero-order valence-electron chi connectivity index (χ0n) is 12.8. The second-order valence-corrected chi connectivity index (χ2v) is 5.09. The number of nitrogens with one attached hydrogen (secondary N) is 1. The van der Waals surface area contributed by atoms with Crippen LogP contribution in [0.3, 0.4) is 0 Å². The predicted molar refractivity (Wildman–Crippen MR) is 86.2 cm³/mol. The summed E-state index contributed by atoms with van der Waals surface area (Å²) < 4.78 is 5.33. The molecule has 0 aliphatic carbocycles. The van der Waals surface area contributed by atoms with Crippen molar-refractivity contribution < 1.29 is 14.5 Å². The third-order valence-corrected chi connectivity index (χ3v) is 3.26. The van der Waals surface area contributed by atoms with Crippen LogP contribution in [-0.2, 0) is 11.3 Å². The van der Waals surface area contributed by atoms with Crippen LogP contribution in [0.4, 0.5) is 5.69 Å². The van der Waals surface area contributed by atoms with Gasteiger partial charge in [-0.1, -0.05) is 42.0 Å². The molecule has 0 aliphatic heterocycles. The molecule has 6 nitrogen and oxygen atoms in total. The third kappa shape index (κ3) is 5.10. The lowest BCUT2D eigenvalue weighted by atomic mass is 10.1. The lowest BCUT2D eigenvalue weighted by molar-refractivity contribution is -0.385. The van der Waals surface area contributed by atoms with Crippen molar-refractivity contribution >= 4 is 11.6 Å². The molecule has 0 spiro atoms. The van der Waals surface area contributed by atoms with Crippen LogP contribution >= 0.6 is 0 Å². The van der Waals surface area contributed by atoms with Gasteiger partial charge in [0.2, 0.25) is 5.91 Å². The number of amides is 1. The Labute approximate surface area is 134 Å². The number of aryl methyl sites for hydroxylation is 1. The van der Waals surface area contributed by atoms with Crippen LogP contribution < -0.4 is 10.1 Å². The highest BCUT2D eigenvalue weighted by molar-refractivity contribution is 5.76. The number of para-hydroxylation sites is 2. The molecule has 0 saturated heterocycles. The van der Waals surface area contributed by atoms with E-state index in [-0.39, 0.29) is 30.4 Å². The number of carbonyl (C=O) groups is 1. The topological polar surface area (TPSA) is 81.5 Å². The first kappa shape index (κ1) is 16.5. The van der Waals surface area contributed by atoms with Gasteiger partial charge in [-0.05, 0) is 18.6 Å². The molecule has 0 heterocycles. The molecule has 6 heteroatoms. The van der Waals surface area contributed by atoms with Crippen molar-refractivity contribution in [1.29, 1.82) is 0 Å². The van der Waals surface area contributed by atoms with Gasteiger partial charge in [0.15, 0.2) is 5.75 Å². The fourth-order valence-electron chi connectivity index (χ4n) is 1.98. The summed E-state index contributed by atoms with van der Waals surface area (Å²) in [4.78, 5) is 22.1. The molecule has 0 aliphatic rings. The third-order valence-electron chi connectivity index (χ3n) is 3.26. The van der Waals surface area contributed by atoms with Gasteiger partial charge in [0.25, 0.3) is 0 Å². The smallest absolute Gasteiger partial charge is 0.310 e. The zero-order chi connectivity index (χ0) is 16.7. The van der Waals surface area contributed by atoms with Gasteiger partial charge >= 0.3 is 5.69 Å². The molecule has 2 aromatic rings. The highest BCUT2D eigenvalue weighted by Gasteiger charge is 2.13. The highest BCUT2D eigenvalue weighted by Crippen LogP contribution is 2.25. The Kier molecular flexibility index (Phi) is 5.68. The van der Waals surface area contributed by atoms with Crippen LogP contribution in [0.5, 0.6) is 5.75 Å². The number of carbonyl (C=O) groups excluding carboxylic acids is 1. The van der Waals surface area contributed by atoms with E-state index in [1.807, 2.05) is 31.2 Å². The summed E-state index contributed by atoms with van der Waals surface area (Å²) in [5.41, 5.74) is 2.08. The van der Waals surface area contributed by atoms with Crippen LogP contribution in [-0.4, -0.2) is 17.4 Å². The predicted octanol–water partition coefficient (Wildman–Crippen LogP) is 2.99. The van der Waals surface area contributed by atoms with Gasteiger partial charge in [-0.25, -0.2) is 0 Å². The maximum Gasteiger partial charge on any atom is 0.310 e. The Morgan fingerprint density at radius 3 is 2.57 bits per heavy atom. The quantitative estimate of drug-likeness (QED) is 0.629. The van der Waals surface area contributed by atoms with E-state index >= 15 is 0 Å². The highest BCUT2D eigenvalue weighted by atomic mass is 16.6. The summed E-state index contributed by atoms with van der Waals surface area (Å²) in [6.45, 7) is 2.54. The number of hydrogen-bond acceptors (Lipinski definition) is 4. The van der Waals surface area contributed by atoms with E-state index < -0.39 is 4.92 Å². The number of rotatable bonds is 7. The summed E-state index contributed by atoms with van der Waals surface area (Å²) in [5, 5.41) is 13.6.